The molecule has 5 heteroatoms. The number of halogens is 3. The number of aliphatic hydroxyl groups excluding tert-OH is 1. The predicted molar refractivity (Wildman–Crippen MR) is 76.0 cm³/mol. The Labute approximate surface area is 123 Å². The number of nitrogens with zero attached hydrogens (tertiary/aromatic N) is 1. The van der Waals surface area contributed by atoms with Crippen molar-refractivity contribution < 1.29 is 18.3 Å². The van der Waals surface area contributed by atoms with E-state index in [4.69, 9.17) is 0 Å². The second-order valence-electron chi connectivity index (χ2n) is 6.84. The van der Waals surface area contributed by atoms with Crippen LogP contribution in [-0.4, -0.2) is 29.2 Å². The van der Waals surface area contributed by atoms with Crippen molar-refractivity contribution in [2.45, 2.75) is 51.4 Å². The Balaban J connectivity index is 2.31. The van der Waals surface area contributed by atoms with Gasteiger partial charge in [0.2, 0.25) is 0 Å². The molecule has 0 spiro atoms. The van der Waals surface area contributed by atoms with Crippen molar-refractivity contribution in [2.24, 2.45) is 0 Å². The van der Waals surface area contributed by atoms with E-state index in [1.54, 1.807) is 0 Å². The standard InChI is InChI=1S/C16H22F3NO/c1-15(2,3)12-6-11(7-13(8-12)16(17,18)19)9-20-5-4-14(21)10-20/h6-8,14,21H,4-5,9-10H2,1-3H3. The van der Waals surface area contributed by atoms with E-state index >= 15 is 0 Å². The van der Waals surface area contributed by atoms with Crippen molar-refractivity contribution in [1.82, 2.24) is 4.90 Å². The lowest BCUT2D eigenvalue weighted by atomic mass is 9.85. The summed E-state index contributed by atoms with van der Waals surface area (Å²) in [7, 11) is 0. The average Bonchev–Trinajstić information content (AvgIpc) is 2.72. The van der Waals surface area contributed by atoms with E-state index in [1.807, 2.05) is 31.7 Å². The Kier molecular flexibility index (Phi) is 4.36. The van der Waals surface area contributed by atoms with E-state index in [-0.39, 0.29) is 11.5 Å². The zero-order valence-electron chi connectivity index (χ0n) is 12.7. The Morgan fingerprint density at radius 1 is 1.14 bits per heavy atom. The van der Waals surface area contributed by atoms with Gasteiger partial charge in [-0.3, -0.25) is 4.90 Å². The molecule has 1 saturated heterocycles. The predicted octanol–water partition coefficient (Wildman–Crippen LogP) is 3.57. The number of likely N-dealkylation sites (tertiary alicyclic amines) is 1. The van der Waals surface area contributed by atoms with Crippen molar-refractivity contribution in [3.05, 3.63) is 34.9 Å². The summed E-state index contributed by atoms with van der Waals surface area (Å²) < 4.78 is 39.2. The third-order valence-electron chi connectivity index (χ3n) is 3.84. The van der Waals surface area contributed by atoms with Gasteiger partial charge < -0.3 is 5.11 Å². The summed E-state index contributed by atoms with van der Waals surface area (Å²) in [5.74, 6) is 0. The molecule has 2 rings (SSSR count). The number of aliphatic hydroxyl groups is 1. The number of β-amino-alcohol motifs (C(OH)–C–C–N with tert-alkyl or cyclic N) is 1. The molecule has 1 aromatic carbocycles. The molecule has 1 heterocycles. The first-order valence-electron chi connectivity index (χ1n) is 7.18. The Bertz CT molecular complexity index is 473. The monoisotopic (exact) mass is 301 g/mol. The molecule has 1 aromatic rings. The molecule has 1 fully saturated rings. The SMILES string of the molecule is CC(C)(C)c1cc(CN2CCC(O)C2)cc(C(F)(F)F)c1. The summed E-state index contributed by atoms with van der Waals surface area (Å²) in [6.07, 6.45) is -4.01. The number of benzene rings is 1. The highest BCUT2D eigenvalue weighted by Crippen LogP contribution is 2.34. The van der Waals surface area contributed by atoms with Crippen LogP contribution in [0.1, 0.15) is 43.9 Å². The molecule has 21 heavy (non-hydrogen) atoms. The van der Waals surface area contributed by atoms with Crippen molar-refractivity contribution in [2.75, 3.05) is 13.1 Å². The van der Waals surface area contributed by atoms with E-state index in [1.165, 1.54) is 12.1 Å². The molecule has 1 aliphatic heterocycles. The normalized spacial score (nSPS) is 21.0. The van der Waals surface area contributed by atoms with E-state index in [0.717, 1.165) is 6.54 Å². The van der Waals surface area contributed by atoms with Gasteiger partial charge in [0.15, 0.2) is 0 Å². The fraction of sp³-hybridized carbons (Fsp3) is 0.625. The van der Waals surface area contributed by atoms with E-state index < -0.39 is 11.7 Å². The molecule has 1 aliphatic rings. The molecule has 0 aromatic heterocycles. The van der Waals surface area contributed by atoms with Crippen LogP contribution in [0.15, 0.2) is 18.2 Å². The second kappa shape index (κ2) is 5.61. The molecule has 118 valence electrons. The van der Waals surface area contributed by atoms with Gasteiger partial charge in [-0.1, -0.05) is 26.8 Å². The van der Waals surface area contributed by atoms with E-state index in [2.05, 4.69) is 0 Å². The van der Waals surface area contributed by atoms with Crippen LogP contribution >= 0.6 is 0 Å². The van der Waals surface area contributed by atoms with Crippen LogP contribution in [0.3, 0.4) is 0 Å². The van der Waals surface area contributed by atoms with Crippen LogP contribution in [-0.2, 0) is 18.1 Å². The van der Waals surface area contributed by atoms with Crippen molar-refractivity contribution in [3.63, 3.8) is 0 Å². The Morgan fingerprint density at radius 2 is 1.76 bits per heavy atom. The summed E-state index contributed by atoms with van der Waals surface area (Å²) in [6.45, 7) is 7.43. The third kappa shape index (κ3) is 4.20. The average molecular weight is 301 g/mol. The third-order valence-corrected chi connectivity index (χ3v) is 3.84. The number of hydrogen-bond donors (Lipinski definition) is 1. The maximum Gasteiger partial charge on any atom is 0.416 e. The first kappa shape index (κ1) is 16.3. The van der Waals surface area contributed by atoms with Crippen molar-refractivity contribution in [1.29, 1.82) is 0 Å². The number of alkyl halides is 3. The quantitative estimate of drug-likeness (QED) is 0.902. The molecule has 1 atom stereocenters. The van der Waals surface area contributed by atoms with E-state index in [9.17, 15) is 18.3 Å². The molecular weight excluding hydrogens is 279 g/mol. The van der Waals surface area contributed by atoms with Gasteiger partial charge in [-0.15, -0.1) is 0 Å². The van der Waals surface area contributed by atoms with Gasteiger partial charge in [0.25, 0.3) is 0 Å². The van der Waals surface area contributed by atoms with E-state index in [0.29, 0.717) is 30.6 Å². The van der Waals surface area contributed by atoms with Crippen LogP contribution in [0.2, 0.25) is 0 Å². The van der Waals surface area contributed by atoms with Crippen LogP contribution in [0, 0.1) is 0 Å². The minimum Gasteiger partial charge on any atom is -0.392 e. The maximum absolute atomic E-state index is 13.1. The highest BCUT2D eigenvalue weighted by Gasteiger charge is 2.32. The minimum atomic E-state index is -4.33. The lowest BCUT2D eigenvalue weighted by molar-refractivity contribution is -0.137. The minimum absolute atomic E-state index is 0.333. The number of hydrogen-bond acceptors (Lipinski definition) is 2. The van der Waals surface area contributed by atoms with Crippen LogP contribution in [0.4, 0.5) is 13.2 Å². The molecule has 1 N–H and O–H groups in total. The molecule has 1 unspecified atom stereocenters. The smallest absolute Gasteiger partial charge is 0.392 e. The highest BCUT2D eigenvalue weighted by atomic mass is 19.4. The first-order valence-corrected chi connectivity index (χ1v) is 7.18. The second-order valence-corrected chi connectivity index (χ2v) is 6.84. The molecule has 0 bridgehead atoms. The van der Waals surface area contributed by atoms with Gasteiger partial charge in [0, 0.05) is 19.6 Å². The maximum atomic E-state index is 13.1. The van der Waals surface area contributed by atoms with Crippen LogP contribution < -0.4 is 0 Å². The van der Waals surface area contributed by atoms with Gasteiger partial charge in [0.05, 0.1) is 11.7 Å². The van der Waals surface area contributed by atoms with Gasteiger partial charge in [-0.2, -0.15) is 13.2 Å². The lowest BCUT2D eigenvalue weighted by Crippen LogP contribution is -2.22. The topological polar surface area (TPSA) is 23.5 Å². The molecule has 0 radical (unpaired) electrons. The fourth-order valence-electron chi connectivity index (χ4n) is 2.59. The summed E-state index contributed by atoms with van der Waals surface area (Å²) in [5, 5.41) is 9.52. The molecule has 2 nitrogen and oxygen atoms in total. The summed E-state index contributed by atoms with van der Waals surface area (Å²) in [6, 6.07) is 4.31. The first-order chi connectivity index (χ1) is 9.55. The molecule has 0 saturated carbocycles. The van der Waals surface area contributed by atoms with Gasteiger partial charge in [-0.25, -0.2) is 0 Å². The lowest BCUT2D eigenvalue weighted by Gasteiger charge is -2.23. The van der Waals surface area contributed by atoms with Crippen LogP contribution in [0.5, 0.6) is 0 Å². The number of rotatable bonds is 2. The largest absolute Gasteiger partial charge is 0.416 e. The van der Waals surface area contributed by atoms with Crippen molar-refractivity contribution >= 4 is 0 Å². The van der Waals surface area contributed by atoms with Crippen LogP contribution in [0.25, 0.3) is 0 Å². The Hall–Kier alpha value is -1.07. The summed E-state index contributed by atoms with van der Waals surface area (Å²) in [5.41, 5.74) is 0.418. The zero-order valence-corrected chi connectivity index (χ0v) is 12.7. The highest BCUT2D eigenvalue weighted by molar-refractivity contribution is 5.35. The summed E-state index contributed by atoms with van der Waals surface area (Å²) >= 11 is 0. The van der Waals surface area contributed by atoms with Gasteiger partial charge in [0.1, 0.15) is 0 Å². The Morgan fingerprint density at radius 3 is 2.24 bits per heavy atom. The zero-order chi connectivity index (χ0) is 15.8. The van der Waals surface area contributed by atoms with Crippen molar-refractivity contribution in [3.8, 4) is 0 Å². The molecule has 0 aliphatic carbocycles. The molecule has 0 amide bonds. The van der Waals surface area contributed by atoms with Gasteiger partial charge >= 0.3 is 6.18 Å². The molecular formula is C16H22F3NO. The fourth-order valence-corrected chi connectivity index (χ4v) is 2.59. The summed E-state index contributed by atoms with van der Waals surface area (Å²) in [4.78, 5) is 1.99. The van der Waals surface area contributed by atoms with Gasteiger partial charge in [-0.05, 0) is 35.1 Å².